The first-order valence-electron chi connectivity index (χ1n) is 9.73. The highest BCUT2D eigenvalue weighted by molar-refractivity contribution is 6.06. The molecule has 28 heavy (non-hydrogen) atoms. The lowest BCUT2D eigenvalue weighted by Gasteiger charge is -2.29. The van der Waals surface area contributed by atoms with E-state index in [0.717, 1.165) is 21.6 Å². The third-order valence-electron chi connectivity index (χ3n) is 5.09. The van der Waals surface area contributed by atoms with Crippen molar-refractivity contribution >= 4 is 11.9 Å². The summed E-state index contributed by atoms with van der Waals surface area (Å²) in [6, 6.07) is 3.33. The lowest BCUT2D eigenvalue weighted by Crippen LogP contribution is -2.42. The van der Waals surface area contributed by atoms with E-state index >= 15 is 0 Å². The van der Waals surface area contributed by atoms with Gasteiger partial charge in [0.2, 0.25) is 0 Å². The van der Waals surface area contributed by atoms with Gasteiger partial charge in [-0.05, 0) is 41.4 Å². The van der Waals surface area contributed by atoms with E-state index in [-0.39, 0.29) is 35.5 Å². The van der Waals surface area contributed by atoms with Crippen LogP contribution in [-0.4, -0.2) is 45.2 Å². The Morgan fingerprint density at radius 1 is 1.04 bits per heavy atom. The minimum atomic E-state index is -0.950. The number of imide groups is 1. The number of phenols is 1. The van der Waals surface area contributed by atoms with Crippen molar-refractivity contribution < 1.29 is 19.8 Å². The van der Waals surface area contributed by atoms with Crippen LogP contribution >= 0.6 is 0 Å². The van der Waals surface area contributed by atoms with Crippen LogP contribution in [0.5, 0.6) is 5.75 Å². The van der Waals surface area contributed by atoms with Crippen LogP contribution in [0.1, 0.15) is 72.1 Å². The molecule has 0 spiro atoms. The number of amides is 3. The summed E-state index contributed by atoms with van der Waals surface area (Å²) < 4.78 is 0. The van der Waals surface area contributed by atoms with Crippen LogP contribution in [-0.2, 0) is 22.0 Å². The normalized spacial score (nSPS) is 18.4. The highest BCUT2D eigenvalue weighted by Crippen LogP contribution is 2.40. The number of rotatable bonds is 4. The summed E-state index contributed by atoms with van der Waals surface area (Å²) in [5.74, 6) is -0.0536. The van der Waals surface area contributed by atoms with Gasteiger partial charge in [-0.3, -0.25) is 9.69 Å². The van der Waals surface area contributed by atoms with Crippen molar-refractivity contribution in [1.29, 1.82) is 0 Å². The average molecular weight is 391 g/mol. The van der Waals surface area contributed by atoms with Crippen LogP contribution in [0.3, 0.4) is 0 Å². The number of aliphatic hydroxyl groups excluding tert-OH is 1. The Morgan fingerprint density at radius 2 is 1.50 bits per heavy atom. The Labute approximate surface area is 167 Å². The fourth-order valence-corrected chi connectivity index (χ4v) is 3.49. The van der Waals surface area contributed by atoms with Crippen molar-refractivity contribution in [1.82, 2.24) is 10.2 Å². The predicted molar refractivity (Wildman–Crippen MR) is 110 cm³/mol. The molecule has 3 N–H and O–H groups in total. The molecule has 3 amide bonds. The first-order valence-corrected chi connectivity index (χ1v) is 9.73. The van der Waals surface area contributed by atoms with Gasteiger partial charge in [0.15, 0.2) is 0 Å². The molecule has 1 aliphatic rings. The molecule has 1 fully saturated rings. The van der Waals surface area contributed by atoms with Crippen molar-refractivity contribution in [2.24, 2.45) is 0 Å². The van der Waals surface area contributed by atoms with Gasteiger partial charge in [-0.2, -0.15) is 0 Å². The molecule has 0 aliphatic carbocycles. The number of carbonyl (C=O) groups is 2. The lowest BCUT2D eigenvalue weighted by molar-refractivity contribution is -0.131. The second kappa shape index (κ2) is 7.07. The molecule has 0 bridgehead atoms. The SMILES string of the molecule is CC1(C)NC(=O)N(CC(O)Cc2cc(C(C)(C)C)c(O)c(C(C)(C)C)c2)C1=O. The number of aromatic hydroxyl groups is 1. The molecular weight excluding hydrogens is 356 g/mol. The quantitative estimate of drug-likeness (QED) is 0.689. The van der Waals surface area contributed by atoms with Crippen LogP contribution in [0.15, 0.2) is 12.1 Å². The molecule has 6 heteroatoms. The van der Waals surface area contributed by atoms with Gasteiger partial charge in [0.1, 0.15) is 11.3 Å². The molecule has 156 valence electrons. The molecule has 1 atom stereocenters. The zero-order valence-electron chi connectivity index (χ0n) is 18.3. The van der Waals surface area contributed by atoms with Gasteiger partial charge in [-0.15, -0.1) is 0 Å². The van der Waals surface area contributed by atoms with E-state index in [2.05, 4.69) is 5.32 Å². The maximum absolute atomic E-state index is 12.3. The summed E-state index contributed by atoms with van der Waals surface area (Å²) in [5, 5.41) is 24.0. The third-order valence-corrected chi connectivity index (χ3v) is 5.09. The Kier molecular flexibility index (Phi) is 5.61. The van der Waals surface area contributed by atoms with E-state index < -0.39 is 17.7 Å². The summed E-state index contributed by atoms with van der Waals surface area (Å²) in [7, 11) is 0. The fraction of sp³-hybridized carbons (Fsp3) is 0.636. The number of hydrogen-bond acceptors (Lipinski definition) is 4. The molecule has 0 aromatic heterocycles. The van der Waals surface area contributed by atoms with Gasteiger partial charge in [-0.25, -0.2) is 4.79 Å². The van der Waals surface area contributed by atoms with Crippen LogP contribution in [0, 0.1) is 0 Å². The van der Waals surface area contributed by atoms with Crippen molar-refractivity contribution in [2.45, 2.75) is 84.3 Å². The number of phenolic OH excluding ortho intramolecular Hbond substituents is 1. The summed E-state index contributed by atoms with van der Waals surface area (Å²) >= 11 is 0. The van der Waals surface area contributed by atoms with Crippen LogP contribution < -0.4 is 5.32 Å². The Morgan fingerprint density at radius 3 is 1.86 bits per heavy atom. The maximum atomic E-state index is 12.3. The topological polar surface area (TPSA) is 89.9 Å². The minimum Gasteiger partial charge on any atom is -0.507 e. The monoisotopic (exact) mass is 390 g/mol. The molecule has 2 rings (SSSR count). The van der Waals surface area contributed by atoms with Crippen molar-refractivity contribution in [3.8, 4) is 5.75 Å². The standard InChI is InChI=1S/C22H34N2O4/c1-20(2,3)15-10-13(11-16(17(15)26)21(4,5)6)9-14(25)12-24-18(27)22(7,8)23-19(24)28/h10-11,14,25-26H,9,12H2,1-8H3,(H,23,28). The number of urea groups is 1. The van der Waals surface area contributed by atoms with Crippen molar-refractivity contribution in [2.75, 3.05) is 6.54 Å². The van der Waals surface area contributed by atoms with Crippen LogP contribution in [0.4, 0.5) is 4.79 Å². The van der Waals surface area contributed by atoms with E-state index in [4.69, 9.17) is 0 Å². The molecule has 0 saturated carbocycles. The maximum Gasteiger partial charge on any atom is 0.325 e. The number of benzene rings is 1. The summed E-state index contributed by atoms with van der Waals surface area (Å²) in [6.07, 6.45) is -0.613. The van der Waals surface area contributed by atoms with E-state index in [0.29, 0.717) is 0 Å². The summed E-state index contributed by atoms with van der Waals surface area (Å²) in [4.78, 5) is 25.5. The summed E-state index contributed by atoms with van der Waals surface area (Å²) in [6.45, 7) is 15.4. The highest BCUT2D eigenvalue weighted by atomic mass is 16.3. The largest absolute Gasteiger partial charge is 0.507 e. The molecule has 1 unspecified atom stereocenters. The number of carbonyl (C=O) groups excluding carboxylic acids is 2. The molecule has 1 aromatic rings. The first kappa shape index (κ1) is 22.2. The minimum absolute atomic E-state index is 0.0648. The highest BCUT2D eigenvalue weighted by Gasteiger charge is 2.44. The van der Waals surface area contributed by atoms with E-state index in [1.807, 2.05) is 53.7 Å². The summed E-state index contributed by atoms with van der Waals surface area (Å²) in [5.41, 5.74) is 1.02. The molecule has 1 heterocycles. The molecular formula is C22H34N2O4. The zero-order chi connectivity index (χ0) is 21.7. The number of nitrogens with one attached hydrogen (secondary N) is 1. The lowest BCUT2D eigenvalue weighted by atomic mass is 9.78. The molecule has 1 aliphatic heterocycles. The van der Waals surface area contributed by atoms with Crippen LogP contribution in [0.2, 0.25) is 0 Å². The van der Waals surface area contributed by atoms with Gasteiger partial charge >= 0.3 is 6.03 Å². The number of β-amino-alcohol motifs (C(OH)–C–C–N with tert-alkyl or cyclic N) is 1. The van der Waals surface area contributed by atoms with Crippen LogP contribution in [0.25, 0.3) is 0 Å². The van der Waals surface area contributed by atoms with Gasteiger partial charge in [-0.1, -0.05) is 53.7 Å². The fourth-order valence-electron chi connectivity index (χ4n) is 3.49. The second-order valence-electron chi connectivity index (χ2n) is 10.4. The van der Waals surface area contributed by atoms with Crippen molar-refractivity contribution in [3.05, 3.63) is 28.8 Å². The molecule has 1 saturated heterocycles. The van der Waals surface area contributed by atoms with Gasteiger partial charge in [0, 0.05) is 6.42 Å². The zero-order valence-corrected chi connectivity index (χ0v) is 18.3. The van der Waals surface area contributed by atoms with Gasteiger partial charge < -0.3 is 15.5 Å². The number of hydrogen-bond donors (Lipinski definition) is 3. The Balaban J connectivity index is 2.31. The van der Waals surface area contributed by atoms with Gasteiger partial charge in [0.05, 0.1) is 12.6 Å². The molecule has 0 radical (unpaired) electrons. The molecule has 1 aromatic carbocycles. The van der Waals surface area contributed by atoms with Gasteiger partial charge in [0.25, 0.3) is 5.91 Å². The second-order valence-corrected chi connectivity index (χ2v) is 10.4. The Bertz CT molecular complexity index is 750. The van der Waals surface area contributed by atoms with E-state index in [1.165, 1.54) is 0 Å². The Hall–Kier alpha value is -2.08. The third kappa shape index (κ3) is 4.49. The van der Waals surface area contributed by atoms with E-state index in [9.17, 15) is 19.8 Å². The average Bonchev–Trinajstić information content (AvgIpc) is 2.68. The van der Waals surface area contributed by atoms with Crippen molar-refractivity contribution in [3.63, 3.8) is 0 Å². The first-order chi connectivity index (χ1) is 12.5. The smallest absolute Gasteiger partial charge is 0.325 e. The molecule has 6 nitrogen and oxygen atoms in total. The number of nitrogens with zero attached hydrogens (tertiary/aromatic N) is 1. The number of aliphatic hydroxyl groups is 1. The van der Waals surface area contributed by atoms with E-state index in [1.54, 1.807) is 13.8 Å². The predicted octanol–water partition coefficient (Wildman–Crippen LogP) is 3.22.